The van der Waals surface area contributed by atoms with Gasteiger partial charge in [0.2, 0.25) is 0 Å². The molecule has 2 nitrogen and oxygen atoms in total. The Kier molecular flexibility index (Phi) is 5.85. The normalized spacial score (nSPS) is 12.9. The highest BCUT2D eigenvalue weighted by Crippen LogP contribution is 2.22. The standard InChI is InChI=1S/C17H29BN2/c1-13(2)18(14(3)4)20-16(19-17(5,6)7)15-11-9-8-10-12-15/h8-14H,1-7H3,(H,19,20). The van der Waals surface area contributed by atoms with Crippen LogP contribution < -0.4 is 5.32 Å². The van der Waals surface area contributed by atoms with E-state index in [1.165, 1.54) is 0 Å². The van der Waals surface area contributed by atoms with Gasteiger partial charge in [0.15, 0.2) is 0 Å². The fourth-order valence-electron chi connectivity index (χ4n) is 2.35. The van der Waals surface area contributed by atoms with E-state index in [0.717, 1.165) is 11.4 Å². The Morgan fingerprint density at radius 3 is 1.90 bits per heavy atom. The monoisotopic (exact) mass is 272 g/mol. The number of nitrogens with zero attached hydrogens (tertiary/aromatic N) is 1. The zero-order chi connectivity index (χ0) is 15.3. The molecule has 0 amide bonds. The Bertz CT molecular complexity index is 422. The molecule has 0 aliphatic rings. The first-order valence-electron chi connectivity index (χ1n) is 7.62. The smallest absolute Gasteiger partial charge is 0.287 e. The molecule has 0 fully saturated rings. The topological polar surface area (TPSA) is 24.4 Å². The summed E-state index contributed by atoms with van der Waals surface area (Å²) in [7, 11) is 0. The van der Waals surface area contributed by atoms with Gasteiger partial charge in [-0.3, -0.25) is 0 Å². The van der Waals surface area contributed by atoms with Crippen LogP contribution in [0, 0.1) is 0 Å². The third-order valence-electron chi connectivity index (χ3n) is 3.18. The molecular weight excluding hydrogens is 243 g/mol. The lowest BCUT2D eigenvalue weighted by atomic mass is 9.45. The molecule has 3 heteroatoms. The van der Waals surface area contributed by atoms with E-state index >= 15 is 0 Å². The van der Waals surface area contributed by atoms with Crippen molar-refractivity contribution in [2.45, 2.75) is 65.6 Å². The van der Waals surface area contributed by atoms with Gasteiger partial charge in [0, 0.05) is 11.1 Å². The number of benzene rings is 1. The first-order chi connectivity index (χ1) is 9.20. The quantitative estimate of drug-likeness (QED) is 0.482. The van der Waals surface area contributed by atoms with Crippen LogP contribution in [0.2, 0.25) is 11.6 Å². The van der Waals surface area contributed by atoms with Crippen molar-refractivity contribution in [1.82, 2.24) is 5.32 Å². The molecule has 1 aromatic rings. The average molecular weight is 272 g/mol. The molecule has 20 heavy (non-hydrogen) atoms. The summed E-state index contributed by atoms with van der Waals surface area (Å²) in [4.78, 5) is 5.04. The summed E-state index contributed by atoms with van der Waals surface area (Å²) in [5.74, 6) is 2.08. The second-order valence-corrected chi connectivity index (χ2v) is 7.20. The second kappa shape index (κ2) is 6.96. The zero-order valence-corrected chi connectivity index (χ0v) is 14.1. The van der Waals surface area contributed by atoms with E-state index in [-0.39, 0.29) is 5.54 Å². The molecule has 0 unspecified atom stereocenters. The molecule has 0 radical (unpaired) electrons. The van der Waals surface area contributed by atoms with E-state index in [4.69, 9.17) is 4.90 Å². The molecule has 0 spiro atoms. The average Bonchev–Trinajstić information content (AvgIpc) is 2.33. The number of rotatable bonds is 4. The maximum absolute atomic E-state index is 5.04. The molecule has 0 aromatic heterocycles. The lowest BCUT2D eigenvalue weighted by molar-refractivity contribution is 0.512. The molecule has 0 saturated heterocycles. The largest absolute Gasteiger partial charge is 0.366 e. The van der Waals surface area contributed by atoms with E-state index < -0.39 is 0 Å². The highest BCUT2D eigenvalue weighted by molar-refractivity contribution is 6.61. The molecule has 110 valence electrons. The molecule has 0 heterocycles. The summed E-state index contributed by atoms with van der Waals surface area (Å²) in [6.45, 7) is 15.8. The van der Waals surface area contributed by atoms with Crippen LogP contribution in [0.15, 0.2) is 35.2 Å². The Morgan fingerprint density at radius 2 is 1.50 bits per heavy atom. The number of amidine groups is 1. The van der Waals surface area contributed by atoms with Gasteiger partial charge in [-0.2, -0.15) is 0 Å². The van der Waals surface area contributed by atoms with E-state index in [1.54, 1.807) is 0 Å². The van der Waals surface area contributed by atoms with Gasteiger partial charge < -0.3 is 10.2 Å². The van der Waals surface area contributed by atoms with E-state index in [0.29, 0.717) is 18.5 Å². The molecule has 1 N–H and O–H groups in total. The number of hydrogen-bond donors (Lipinski definition) is 1. The van der Waals surface area contributed by atoms with Gasteiger partial charge in [0.05, 0.1) is 0 Å². The predicted octanol–water partition coefficient (Wildman–Crippen LogP) is 4.63. The van der Waals surface area contributed by atoms with Crippen molar-refractivity contribution in [2.24, 2.45) is 4.90 Å². The fraction of sp³-hybridized carbons (Fsp3) is 0.588. The summed E-state index contributed by atoms with van der Waals surface area (Å²) in [6.07, 6.45) is 0. The maximum atomic E-state index is 5.04. The van der Waals surface area contributed by atoms with Crippen LogP contribution >= 0.6 is 0 Å². The van der Waals surface area contributed by atoms with Gasteiger partial charge in [0.1, 0.15) is 5.84 Å². The van der Waals surface area contributed by atoms with Crippen molar-refractivity contribution in [3.05, 3.63) is 35.9 Å². The van der Waals surface area contributed by atoms with Crippen LogP contribution in [-0.2, 0) is 0 Å². The molecule has 0 bridgehead atoms. The number of hydrogen-bond acceptors (Lipinski definition) is 1. The minimum absolute atomic E-state index is 0.00713. The highest BCUT2D eigenvalue weighted by Gasteiger charge is 2.24. The summed E-state index contributed by atoms with van der Waals surface area (Å²) in [5, 5.41) is 3.56. The van der Waals surface area contributed by atoms with E-state index in [2.05, 4.69) is 78.0 Å². The van der Waals surface area contributed by atoms with E-state index in [1.807, 2.05) is 6.07 Å². The van der Waals surface area contributed by atoms with Crippen LogP contribution in [0.25, 0.3) is 0 Å². The SMILES string of the molecule is CC(C)B(/N=C(\NC(C)(C)C)c1ccccc1)C(C)C. The first-order valence-corrected chi connectivity index (χ1v) is 7.62. The molecule has 0 aliphatic carbocycles. The Morgan fingerprint density at radius 1 is 1.00 bits per heavy atom. The zero-order valence-electron chi connectivity index (χ0n) is 14.1. The molecule has 1 aromatic carbocycles. The van der Waals surface area contributed by atoms with Crippen molar-refractivity contribution >= 4 is 12.7 Å². The first kappa shape index (κ1) is 16.8. The van der Waals surface area contributed by atoms with Gasteiger partial charge >= 0.3 is 0 Å². The van der Waals surface area contributed by atoms with Gasteiger partial charge in [-0.05, 0) is 32.4 Å². The van der Waals surface area contributed by atoms with Crippen LogP contribution in [0.3, 0.4) is 0 Å². The summed E-state index contributed by atoms with van der Waals surface area (Å²) >= 11 is 0. The van der Waals surface area contributed by atoms with Crippen LogP contribution in [0.1, 0.15) is 54.0 Å². The highest BCUT2D eigenvalue weighted by atomic mass is 15.0. The molecule has 0 saturated carbocycles. The predicted molar refractivity (Wildman–Crippen MR) is 91.8 cm³/mol. The fourth-order valence-corrected chi connectivity index (χ4v) is 2.35. The summed E-state index contributed by atoms with van der Waals surface area (Å²) in [6, 6.07) is 10.4. The van der Waals surface area contributed by atoms with Gasteiger partial charge in [-0.25, -0.2) is 0 Å². The molecular formula is C17H29BN2. The lowest BCUT2D eigenvalue weighted by Crippen LogP contribution is -2.42. The van der Waals surface area contributed by atoms with Crippen molar-refractivity contribution in [3.8, 4) is 0 Å². The maximum Gasteiger partial charge on any atom is 0.287 e. The minimum Gasteiger partial charge on any atom is -0.366 e. The second-order valence-electron chi connectivity index (χ2n) is 7.20. The third kappa shape index (κ3) is 5.40. The van der Waals surface area contributed by atoms with Crippen LogP contribution in [0.5, 0.6) is 0 Å². The molecule has 1 rings (SSSR count). The van der Waals surface area contributed by atoms with Crippen molar-refractivity contribution in [1.29, 1.82) is 0 Å². The minimum atomic E-state index is 0.00713. The van der Waals surface area contributed by atoms with Crippen molar-refractivity contribution in [3.63, 3.8) is 0 Å². The van der Waals surface area contributed by atoms with Gasteiger partial charge in [0.25, 0.3) is 6.85 Å². The van der Waals surface area contributed by atoms with E-state index in [9.17, 15) is 0 Å². The summed E-state index contributed by atoms with van der Waals surface area (Å²) in [5.41, 5.74) is 1.17. The van der Waals surface area contributed by atoms with Gasteiger partial charge in [-0.1, -0.05) is 58.0 Å². The third-order valence-corrected chi connectivity index (χ3v) is 3.18. The van der Waals surface area contributed by atoms with Crippen molar-refractivity contribution < 1.29 is 0 Å². The van der Waals surface area contributed by atoms with Crippen LogP contribution in [0.4, 0.5) is 0 Å². The van der Waals surface area contributed by atoms with Crippen LogP contribution in [-0.4, -0.2) is 18.2 Å². The molecule has 0 atom stereocenters. The van der Waals surface area contributed by atoms with Crippen molar-refractivity contribution in [2.75, 3.05) is 0 Å². The Labute approximate surface area is 125 Å². The number of nitrogens with one attached hydrogen (secondary N) is 1. The lowest BCUT2D eigenvalue weighted by Gasteiger charge is -2.26. The Balaban J connectivity index is 3.16. The molecule has 0 aliphatic heterocycles. The van der Waals surface area contributed by atoms with Gasteiger partial charge in [-0.15, -0.1) is 0 Å². The Hall–Kier alpha value is -1.25. The summed E-state index contributed by atoms with van der Waals surface area (Å²) < 4.78 is 0.